The number of carbonyl (C=O) groups is 1. The van der Waals surface area contributed by atoms with E-state index in [0.29, 0.717) is 29.6 Å². The SMILES string of the molecule is Cc1ccccc1NC(=NC[C@@H]1CCCO1)NC(=O)c1ccc2c(c1)OCO2. The van der Waals surface area contributed by atoms with Crippen LogP contribution in [0.5, 0.6) is 11.5 Å². The number of nitrogens with one attached hydrogen (secondary N) is 2. The first-order valence-corrected chi connectivity index (χ1v) is 9.39. The van der Waals surface area contributed by atoms with Crippen molar-refractivity contribution in [3.8, 4) is 11.5 Å². The lowest BCUT2D eigenvalue weighted by molar-refractivity contribution is 0.0975. The van der Waals surface area contributed by atoms with Crippen LogP contribution in [0, 0.1) is 6.92 Å². The minimum absolute atomic E-state index is 0.0936. The van der Waals surface area contributed by atoms with Crippen LogP contribution in [0.2, 0.25) is 0 Å². The molecule has 0 aromatic heterocycles. The maximum Gasteiger partial charge on any atom is 0.258 e. The lowest BCUT2D eigenvalue weighted by Gasteiger charge is -2.15. The van der Waals surface area contributed by atoms with Gasteiger partial charge in [-0.15, -0.1) is 0 Å². The van der Waals surface area contributed by atoms with Gasteiger partial charge in [0.2, 0.25) is 12.8 Å². The zero-order valence-corrected chi connectivity index (χ0v) is 15.7. The number of ether oxygens (including phenoxy) is 3. The molecule has 0 bridgehead atoms. The first kappa shape index (κ1) is 18.3. The number of para-hydroxylation sites is 1. The Balaban J connectivity index is 1.51. The van der Waals surface area contributed by atoms with Crippen molar-refractivity contribution >= 4 is 17.6 Å². The summed E-state index contributed by atoms with van der Waals surface area (Å²) in [5.74, 6) is 1.33. The van der Waals surface area contributed by atoms with Gasteiger partial charge < -0.3 is 19.5 Å². The summed E-state index contributed by atoms with van der Waals surface area (Å²) in [6.45, 7) is 3.43. The van der Waals surface area contributed by atoms with Gasteiger partial charge in [-0.3, -0.25) is 10.1 Å². The topological polar surface area (TPSA) is 81.2 Å². The van der Waals surface area contributed by atoms with Crippen molar-refractivity contribution in [2.45, 2.75) is 25.9 Å². The van der Waals surface area contributed by atoms with Crippen molar-refractivity contribution in [2.24, 2.45) is 4.99 Å². The Kier molecular flexibility index (Phi) is 5.43. The standard InChI is InChI=1S/C21H23N3O4/c1-14-5-2-3-7-17(14)23-21(22-12-16-6-4-10-26-16)24-20(25)15-8-9-18-19(11-15)28-13-27-18/h2-3,5,7-9,11,16H,4,6,10,12-13H2,1H3,(H2,22,23,24,25)/t16-/m0/s1. The van der Waals surface area contributed by atoms with Gasteiger partial charge in [-0.25, -0.2) is 4.99 Å². The molecule has 2 aliphatic rings. The molecule has 7 heteroatoms. The Morgan fingerprint density at radius 3 is 2.86 bits per heavy atom. The van der Waals surface area contributed by atoms with Gasteiger partial charge in [-0.05, 0) is 49.6 Å². The van der Waals surface area contributed by atoms with Gasteiger partial charge in [-0.1, -0.05) is 18.2 Å². The van der Waals surface area contributed by atoms with E-state index in [-0.39, 0.29) is 18.8 Å². The van der Waals surface area contributed by atoms with Gasteiger partial charge in [0.05, 0.1) is 12.6 Å². The van der Waals surface area contributed by atoms with Crippen molar-refractivity contribution < 1.29 is 19.0 Å². The molecule has 1 amide bonds. The maximum absolute atomic E-state index is 12.8. The second kappa shape index (κ2) is 8.31. The van der Waals surface area contributed by atoms with E-state index in [4.69, 9.17) is 14.2 Å². The number of hydrogen-bond acceptors (Lipinski definition) is 5. The molecule has 1 atom stereocenters. The fourth-order valence-corrected chi connectivity index (χ4v) is 3.15. The van der Waals surface area contributed by atoms with E-state index in [1.54, 1.807) is 18.2 Å². The van der Waals surface area contributed by atoms with Crippen LogP contribution >= 0.6 is 0 Å². The number of rotatable bonds is 4. The summed E-state index contributed by atoms with van der Waals surface area (Å²) in [4.78, 5) is 17.3. The molecule has 2 aliphatic heterocycles. The maximum atomic E-state index is 12.8. The highest BCUT2D eigenvalue weighted by atomic mass is 16.7. The van der Waals surface area contributed by atoms with E-state index in [1.165, 1.54) is 0 Å². The number of anilines is 1. The molecule has 7 nitrogen and oxygen atoms in total. The van der Waals surface area contributed by atoms with Crippen LogP contribution in [0.4, 0.5) is 5.69 Å². The largest absolute Gasteiger partial charge is 0.454 e. The highest BCUT2D eigenvalue weighted by Gasteiger charge is 2.19. The Hall–Kier alpha value is -3.06. The summed E-state index contributed by atoms with van der Waals surface area (Å²) in [5, 5.41) is 6.10. The Morgan fingerprint density at radius 1 is 1.18 bits per heavy atom. The second-order valence-corrected chi connectivity index (χ2v) is 6.79. The lowest BCUT2D eigenvalue weighted by atomic mass is 10.2. The van der Waals surface area contributed by atoms with Gasteiger partial charge >= 0.3 is 0 Å². The minimum Gasteiger partial charge on any atom is -0.454 e. The van der Waals surface area contributed by atoms with E-state index in [9.17, 15) is 4.79 Å². The molecule has 1 saturated heterocycles. The third-order valence-electron chi connectivity index (χ3n) is 4.74. The summed E-state index contributed by atoms with van der Waals surface area (Å²) < 4.78 is 16.3. The number of fused-ring (bicyclic) bond motifs is 1. The third kappa shape index (κ3) is 4.26. The molecule has 0 aliphatic carbocycles. The second-order valence-electron chi connectivity index (χ2n) is 6.79. The fourth-order valence-electron chi connectivity index (χ4n) is 3.15. The van der Waals surface area contributed by atoms with E-state index in [2.05, 4.69) is 15.6 Å². The molecule has 0 spiro atoms. The zero-order chi connectivity index (χ0) is 19.3. The van der Waals surface area contributed by atoms with Crippen molar-refractivity contribution in [3.05, 3.63) is 53.6 Å². The number of carbonyl (C=O) groups excluding carboxylic acids is 1. The van der Waals surface area contributed by atoms with Crippen molar-refractivity contribution in [2.75, 3.05) is 25.3 Å². The van der Waals surface area contributed by atoms with E-state index in [0.717, 1.165) is 30.7 Å². The quantitative estimate of drug-likeness (QED) is 0.628. The molecule has 2 aromatic rings. The summed E-state index contributed by atoms with van der Waals surface area (Å²) >= 11 is 0. The van der Waals surface area contributed by atoms with Crippen molar-refractivity contribution in [1.29, 1.82) is 0 Å². The summed E-state index contributed by atoms with van der Waals surface area (Å²) in [6, 6.07) is 13.0. The molecule has 28 heavy (non-hydrogen) atoms. The Labute approximate surface area is 163 Å². The lowest BCUT2D eigenvalue weighted by Crippen LogP contribution is -2.37. The zero-order valence-electron chi connectivity index (χ0n) is 15.7. The van der Waals surface area contributed by atoms with Gasteiger partial charge in [-0.2, -0.15) is 0 Å². The first-order chi connectivity index (χ1) is 13.7. The Bertz CT molecular complexity index is 891. The van der Waals surface area contributed by atoms with Gasteiger partial charge in [0, 0.05) is 17.9 Å². The molecule has 2 heterocycles. The molecule has 0 unspecified atom stereocenters. The van der Waals surface area contributed by atoms with Gasteiger partial charge in [0.15, 0.2) is 11.5 Å². The van der Waals surface area contributed by atoms with Crippen LogP contribution in [0.15, 0.2) is 47.5 Å². The van der Waals surface area contributed by atoms with Crippen LogP contribution in [-0.2, 0) is 4.74 Å². The van der Waals surface area contributed by atoms with Crippen molar-refractivity contribution in [1.82, 2.24) is 5.32 Å². The van der Waals surface area contributed by atoms with Crippen LogP contribution in [0.3, 0.4) is 0 Å². The molecule has 4 rings (SSSR count). The smallest absolute Gasteiger partial charge is 0.258 e. The van der Waals surface area contributed by atoms with E-state index in [1.807, 2.05) is 31.2 Å². The molecule has 1 fully saturated rings. The van der Waals surface area contributed by atoms with Crippen LogP contribution < -0.4 is 20.1 Å². The number of aliphatic imine (C=N–C) groups is 1. The molecule has 2 aromatic carbocycles. The summed E-state index contributed by atoms with van der Waals surface area (Å²) in [5.41, 5.74) is 2.42. The number of aryl methyl sites for hydroxylation is 1. The average Bonchev–Trinajstić information content (AvgIpc) is 3.38. The number of benzene rings is 2. The van der Waals surface area contributed by atoms with Crippen LogP contribution in [-0.4, -0.2) is 37.9 Å². The highest BCUT2D eigenvalue weighted by molar-refractivity contribution is 6.10. The van der Waals surface area contributed by atoms with Crippen LogP contribution in [0.25, 0.3) is 0 Å². The van der Waals surface area contributed by atoms with Crippen molar-refractivity contribution in [3.63, 3.8) is 0 Å². The molecular weight excluding hydrogens is 358 g/mol. The molecule has 0 saturated carbocycles. The number of hydrogen-bond donors (Lipinski definition) is 2. The molecule has 2 N–H and O–H groups in total. The van der Waals surface area contributed by atoms with Gasteiger partial charge in [0.25, 0.3) is 5.91 Å². The summed E-state index contributed by atoms with van der Waals surface area (Å²) in [7, 11) is 0. The van der Waals surface area contributed by atoms with E-state index >= 15 is 0 Å². The fraction of sp³-hybridized carbons (Fsp3) is 0.333. The highest BCUT2D eigenvalue weighted by Crippen LogP contribution is 2.32. The van der Waals surface area contributed by atoms with E-state index < -0.39 is 0 Å². The third-order valence-corrected chi connectivity index (χ3v) is 4.74. The van der Waals surface area contributed by atoms with Crippen LogP contribution in [0.1, 0.15) is 28.8 Å². The normalized spacial score (nSPS) is 18.2. The monoisotopic (exact) mass is 381 g/mol. The number of nitrogens with zero attached hydrogens (tertiary/aromatic N) is 1. The average molecular weight is 381 g/mol. The number of amides is 1. The molecule has 0 radical (unpaired) electrons. The molecule has 146 valence electrons. The molecular formula is C21H23N3O4. The predicted molar refractivity (Wildman–Crippen MR) is 106 cm³/mol. The Morgan fingerprint density at radius 2 is 2.04 bits per heavy atom. The number of guanidine groups is 1. The first-order valence-electron chi connectivity index (χ1n) is 9.39. The summed E-state index contributed by atoms with van der Waals surface area (Å²) in [6.07, 6.45) is 2.12. The van der Waals surface area contributed by atoms with Gasteiger partial charge in [0.1, 0.15) is 0 Å². The minimum atomic E-state index is -0.273. The predicted octanol–water partition coefficient (Wildman–Crippen LogP) is 3.10.